The normalized spacial score (nSPS) is 18.2. The minimum absolute atomic E-state index is 0.0961. The molecule has 1 amide bonds. The van der Waals surface area contributed by atoms with Crippen molar-refractivity contribution in [2.75, 3.05) is 34.8 Å². The van der Waals surface area contributed by atoms with Crippen LogP contribution in [0.25, 0.3) is 0 Å². The highest BCUT2D eigenvalue weighted by Crippen LogP contribution is 2.26. The Balaban J connectivity index is 1.33. The molecule has 2 aliphatic rings. The van der Waals surface area contributed by atoms with Gasteiger partial charge in [0, 0.05) is 43.1 Å². The molecule has 5 nitrogen and oxygen atoms in total. The van der Waals surface area contributed by atoms with Crippen LogP contribution in [0.2, 0.25) is 0 Å². The Bertz CT molecular complexity index is 921. The zero-order valence-electron chi connectivity index (χ0n) is 18.4. The van der Waals surface area contributed by atoms with Crippen molar-refractivity contribution in [2.45, 2.75) is 45.6 Å². The molecule has 0 aliphatic carbocycles. The van der Waals surface area contributed by atoms with E-state index >= 15 is 0 Å². The highest BCUT2D eigenvalue weighted by atomic mass is 32.1. The summed E-state index contributed by atoms with van der Waals surface area (Å²) in [4.78, 5) is 16.3. The average molecular weight is 437 g/mol. The van der Waals surface area contributed by atoms with Gasteiger partial charge in [0.2, 0.25) is 5.91 Å². The van der Waals surface area contributed by atoms with Gasteiger partial charge in [0.1, 0.15) is 0 Å². The maximum Gasteiger partial charge on any atom is 0.227 e. The number of carbonyl (C=O) groups is 1. The third-order valence-electron chi connectivity index (χ3n) is 6.38. The maximum absolute atomic E-state index is 12.0. The SMILES string of the molecule is CC1CCN(c2ccc([C@@H](C)NC(=S)Nc3cccc(N4CCCC4=O)c3)cc2)CC1. The third-order valence-corrected chi connectivity index (χ3v) is 6.60. The second-order valence-electron chi connectivity index (χ2n) is 8.78. The van der Waals surface area contributed by atoms with Gasteiger partial charge < -0.3 is 20.4 Å². The molecule has 0 unspecified atom stereocenters. The summed E-state index contributed by atoms with van der Waals surface area (Å²) in [5, 5.41) is 7.21. The molecule has 6 heteroatoms. The van der Waals surface area contributed by atoms with E-state index in [9.17, 15) is 4.79 Å². The molecule has 1 atom stereocenters. The molecular formula is C25H32N4OS. The predicted octanol–water partition coefficient (Wildman–Crippen LogP) is 5.10. The van der Waals surface area contributed by atoms with E-state index in [1.54, 1.807) is 0 Å². The van der Waals surface area contributed by atoms with E-state index in [0.717, 1.165) is 43.3 Å². The fourth-order valence-electron chi connectivity index (χ4n) is 4.36. The number of nitrogens with zero attached hydrogens (tertiary/aromatic N) is 2. The first-order valence-corrected chi connectivity index (χ1v) is 11.7. The lowest BCUT2D eigenvalue weighted by Crippen LogP contribution is -2.33. The number of carbonyl (C=O) groups excluding carboxylic acids is 1. The van der Waals surface area contributed by atoms with Crippen molar-refractivity contribution in [1.82, 2.24) is 5.32 Å². The maximum atomic E-state index is 12.0. The van der Waals surface area contributed by atoms with Crippen LogP contribution in [0.4, 0.5) is 17.1 Å². The van der Waals surface area contributed by atoms with Gasteiger partial charge in [0.15, 0.2) is 5.11 Å². The van der Waals surface area contributed by atoms with Crippen LogP contribution in [0.3, 0.4) is 0 Å². The van der Waals surface area contributed by atoms with Crippen LogP contribution < -0.4 is 20.4 Å². The molecule has 0 radical (unpaired) electrons. The molecular weight excluding hydrogens is 404 g/mol. The first kappa shape index (κ1) is 21.6. The third kappa shape index (κ3) is 5.37. The number of piperidine rings is 1. The van der Waals surface area contributed by atoms with E-state index in [0.29, 0.717) is 11.5 Å². The molecule has 2 N–H and O–H groups in total. The molecule has 2 aromatic carbocycles. The smallest absolute Gasteiger partial charge is 0.227 e. The van der Waals surface area contributed by atoms with Gasteiger partial charge in [-0.2, -0.15) is 0 Å². The zero-order chi connectivity index (χ0) is 21.8. The number of benzene rings is 2. The Kier molecular flexibility index (Phi) is 6.76. The average Bonchev–Trinajstić information content (AvgIpc) is 3.20. The Morgan fingerprint density at radius 3 is 2.48 bits per heavy atom. The second-order valence-corrected chi connectivity index (χ2v) is 9.19. The number of rotatable bonds is 5. The number of hydrogen-bond acceptors (Lipinski definition) is 3. The minimum Gasteiger partial charge on any atom is -0.372 e. The van der Waals surface area contributed by atoms with Gasteiger partial charge in [-0.25, -0.2) is 0 Å². The second kappa shape index (κ2) is 9.69. The van der Waals surface area contributed by atoms with Crippen molar-refractivity contribution in [2.24, 2.45) is 5.92 Å². The van der Waals surface area contributed by atoms with Crippen molar-refractivity contribution >= 4 is 40.3 Å². The zero-order valence-corrected chi connectivity index (χ0v) is 19.3. The van der Waals surface area contributed by atoms with Crippen LogP contribution in [-0.4, -0.2) is 30.7 Å². The molecule has 4 rings (SSSR count). The summed E-state index contributed by atoms with van der Waals surface area (Å²) >= 11 is 5.54. The molecule has 164 valence electrons. The number of nitrogens with one attached hydrogen (secondary N) is 2. The standard InChI is InChI=1S/C25H32N4OS/c1-18-12-15-28(16-13-18)22-10-8-20(9-11-22)19(2)26-25(31)27-21-5-3-6-23(17-21)29-14-4-7-24(29)30/h3,5-6,8-11,17-19H,4,7,12-16H2,1-2H3,(H2,26,27,31)/t19-/m1/s1. The van der Waals surface area contributed by atoms with Gasteiger partial charge in [0.05, 0.1) is 6.04 Å². The van der Waals surface area contributed by atoms with Gasteiger partial charge in [0.25, 0.3) is 0 Å². The van der Waals surface area contributed by atoms with E-state index in [4.69, 9.17) is 12.2 Å². The highest BCUT2D eigenvalue weighted by molar-refractivity contribution is 7.80. The summed E-state index contributed by atoms with van der Waals surface area (Å²) in [6.45, 7) is 7.53. The summed E-state index contributed by atoms with van der Waals surface area (Å²) in [6.07, 6.45) is 4.09. The van der Waals surface area contributed by atoms with Crippen LogP contribution >= 0.6 is 12.2 Å². The van der Waals surface area contributed by atoms with Crippen LogP contribution in [-0.2, 0) is 4.79 Å². The Morgan fingerprint density at radius 2 is 1.81 bits per heavy atom. The van der Waals surface area contributed by atoms with E-state index in [2.05, 4.69) is 53.6 Å². The van der Waals surface area contributed by atoms with E-state index in [1.165, 1.54) is 24.1 Å². The van der Waals surface area contributed by atoms with Gasteiger partial charge in [-0.05, 0) is 80.2 Å². The summed E-state index contributed by atoms with van der Waals surface area (Å²) in [6, 6.07) is 16.8. The summed E-state index contributed by atoms with van der Waals surface area (Å²) in [5.41, 5.74) is 4.31. The first-order chi connectivity index (χ1) is 15.0. The van der Waals surface area contributed by atoms with Crippen molar-refractivity contribution in [3.8, 4) is 0 Å². The van der Waals surface area contributed by atoms with Crippen LogP contribution in [0, 0.1) is 5.92 Å². The van der Waals surface area contributed by atoms with Crippen LogP contribution in [0.15, 0.2) is 48.5 Å². The minimum atomic E-state index is 0.0961. The largest absolute Gasteiger partial charge is 0.372 e. The van der Waals surface area contributed by atoms with Gasteiger partial charge >= 0.3 is 0 Å². The molecule has 0 bridgehead atoms. The fourth-order valence-corrected chi connectivity index (χ4v) is 4.66. The number of hydrogen-bond donors (Lipinski definition) is 2. The first-order valence-electron chi connectivity index (χ1n) is 11.3. The summed E-state index contributed by atoms with van der Waals surface area (Å²) < 4.78 is 0. The molecule has 2 aromatic rings. The topological polar surface area (TPSA) is 47.6 Å². The molecule has 0 aromatic heterocycles. The molecule has 2 fully saturated rings. The molecule has 31 heavy (non-hydrogen) atoms. The number of thiocarbonyl (C=S) groups is 1. The Hall–Kier alpha value is -2.60. The highest BCUT2D eigenvalue weighted by Gasteiger charge is 2.22. The molecule has 0 saturated carbocycles. The van der Waals surface area contributed by atoms with Crippen LogP contribution in [0.1, 0.15) is 51.1 Å². The van der Waals surface area contributed by atoms with E-state index < -0.39 is 0 Å². The predicted molar refractivity (Wildman–Crippen MR) is 133 cm³/mol. The van der Waals surface area contributed by atoms with Gasteiger partial charge in [-0.15, -0.1) is 0 Å². The fraction of sp³-hybridized carbons (Fsp3) is 0.440. The van der Waals surface area contributed by atoms with E-state index in [1.807, 2.05) is 29.2 Å². The lowest BCUT2D eigenvalue weighted by Gasteiger charge is -2.32. The van der Waals surface area contributed by atoms with Crippen molar-refractivity contribution < 1.29 is 4.79 Å². The molecule has 2 saturated heterocycles. The van der Waals surface area contributed by atoms with E-state index in [-0.39, 0.29) is 11.9 Å². The van der Waals surface area contributed by atoms with Gasteiger partial charge in [-0.1, -0.05) is 25.1 Å². The monoisotopic (exact) mass is 436 g/mol. The molecule has 0 spiro atoms. The molecule has 2 aliphatic heterocycles. The molecule has 2 heterocycles. The van der Waals surface area contributed by atoms with Crippen molar-refractivity contribution in [3.05, 3.63) is 54.1 Å². The lowest BCUT2D eigenvalue weighted by atomic mass is 9.98. The number of anilines is 3. The van der Waals surface area contributed by atoms with Crippen LogP contribution in [0.5, 0.6) is 0 Å². The van der Waals surface area contributed by atoms with Crippen molar-refractivity contribution in [1.29, 1.82) is 0 Å². The Morgan fingerprint density at radius 1 is 1.06 bits per heavy atom. The Labute approximate surface area is 190 Å². The summed E-state index contributed by atoms with van der Waals surface area (Å²) in [5.74, 6) is 1.03. The summed E-state index contributed by atoms with van der Waals surface area (Å²) in [7, 11) is 0. The lowest BCUT2D eigenvalue weighted by molar-refractivity contribution is -0.117. The van der Waals surface area contributed by atoms with Gasteiger partial charge in [-0.3, -0.25) is 4.79 Å². The quantitative estimate of drug-likeness (QED) is 0.639. The van der Waals surface area contributed by atoms with Crippen molar-refractivity contribution in [3.63, 3.8) is 0 Å². The number of amides is 1.